The minimum absolute atomic E-state index is 0.247. The summed E-state index contributed by atoms with van der Waals surface area (Å²) in [6, 6.07) is 12.4. The molecule has 1 saturated heterocycles. The quantitative estimate of drug-likeness (QED) is 0.803. The zero-order valence-corrected chi connectivity index (χ0v) is 15.0. The Hall–Kier alpha value is -2.09. The maximum atomic E-state index is 13.8. The molecule has 0 aliphatic carbocycles. The smallest absolute Gasteiger partial charge is 0.246 e. The number of rotatable bonds is 5. The molecule has 1 aliphatic heterocycles. The van der Waals surface area contributed by atoms with Crippen LogP contribution in [0.25, 0.3) is 6.08 Å². The van der Waals surface area contributed by atoms with Crippen molar-refractivity contribution in [2.75, 3.05) is 32.7 Å². The fourth-order valence-corrected chi connectivity index (χ4v) is 4.37. The number of piperazine rings is 1. The molecule has 138 valence electrons. The molecule has 0 spiro atoms. The van der Waals surface area contributed by atoms with Crippen LogP contribution in [-0.4, -0.2) is 50.3 Å². The molecule has 0 saturated carbocycles. The number of nitrogens with zero attached hydrogens (tertiary/aromatic N) is 2. The van der Waals surface area contributed by atoms with Gasteiger partial charge >= 0.3 is 0 Å². The monoisotopic (exact) mass is 378 g/mol. The zero-order valence-electron chi connectivity index (χ0n) is 14.2. The summed E-state index contributed by atoms with van der Waals surface area (Å²) in [7, 11) is -4.03. The van der Waals surface area contributed by atoms with Gasteiger partial charge in [-0.2, -0.15) is 4.31 Å². The molecule has 0 radical (unpaired) electrons. The van der Waals surface area contributed by atoms with Crippen LogP contribution in [0.2, 0.25) is 0 Å². The number of sulfonamides is 1. The van der Waals surface area contributed by atoms with Crippen molar-refractivity contribution in [3.8, 4) is 0 Å². The highest BCUT2D eigenvalue weighted by Gasteiger charge is 2.30. The van der Waals surface area contributed by atoms with E-state index in [1.54, 1.807) is 0 Å². The van der Waals surface area contributed by atoms with Gasteiger partial charge in [-0.05, 0) is 23.8 Å². The summed E-state index contributed by atoms with van der Waals surface area (Å²) in [6.07, 6.45) is 4.05. The molecule has 1 aliphatic rings. The van der Waals surface area contributed by atoms with Gasteiger partial charge in [-0.1, -0.05) is 42.5 Å². The molecule has 2 aromatic rings. The van der Waals surface area contributed by atoms with Crippen molar-refractivity contribution in [2.45, 2.75) is 4.90 Å². The van der Waals surface area contributed by atoms with Crippen LogP contribution in [0.4, 0.5) is 8.78 Å². The zero-order chi connectivity index (χ0) is 18.6. The van der Waals surface area contributed by atoms with Crippen molar-refractivity contribution in [1.29, 1.82) is 0 Å². The fraction of sp³-hybridized carbons (Fsp3) is 0.263. The second-order valence-corrected chi connectivity index (χ2v) is 8.00. The molecule has 1 heterocycles. The van der Waals surface area contributed by atoms with Crippen molar-refractivity contribution in [1.82, 2.24) is 9.21 Å². The van der Waals surface area contributed by atoms with Crippen LogP contribution in [0.1, 0.15) is 5.56 Å². The van der Waals surface area contributed by atoms with Gasteiger partial charge in [-0.15, -0.1) is 0 Å². The second-order valence-electron chi connectivity index (χ2n) is 6.09. The van der Waals surface area contributed by atoms with Crippen LogP contribution >= 0.6 is 0 Å². The third kappa shape index (κ3) is 4.35. The van der Waals surface area contributed by atoms with Crippen LogP contribution in [0, 0.1) is 11.6 Å². The molecule has 4 nitrogen and oxygen atoms in total. The van der Waals surface area contributed by atoms with Crippen LogP contribution < -0.4 is 0 Å². The number of halogens is 2. The van der Waals surface area contributed by atoms with Crippen molar-refractivity contribution in [2.24, 2.45) is 0 Å². The highest BCUT2D eigenvalue weighted by atomic mass is 32.2. The molecule has 26 heavy (non-hydrogen) atoms. The lowest BCUT2D eigenvalue weighted by atomic mass is 10.2. The SMILES string of the molecule is O=S(=O)(c1cc(F)ccc1F)N1CCN(C/C=C/c2ccccc2)CC1. The van der Waals surface area contributed by atoms with E-state index >= 15 is 0 Å². The summed E-state index contributed by atoms with van der Waals surface area (Å²) in [6.45, 7) is 2.27. The van der Waals surface area contributed by atoms with Crippen molar-refractivity contribution in [3.63, 3.8) is 0 Å². The molecule has 0 bridgehead atoms. The van der Waals surface area contributed by atoms with Gasteiger partial charge in [0.2, 0.25) is 10.0 Å². The molecule has 0 N–H and O–H groups in total. The Kier molecular flexibility index (Phi) is 5.80. The molecule has 0 atom stereocenters. The normalized spacial score (nSPS) is 17.0. The summed E-state index contributed by atoms with van der Waals surface area (Å²) in [4.78, 5) is 1.52. The third-order valence-electron chi connectivity index (χ3n) is 4.32. The first-order valence-corrected chi connectivity index (χ1v) is 9.80. The topological polar surface area (TPSA) is 40.6 Å². The van der Waals surface area contributed by atoms with E-state index in [0.717, 1.165) is 23.8 Å². The average molecular weight is 378 g/mol. The lowest BCUT2D eigenvalue weighted by Gasteiger charge is -2.33. The average Bonchev–Trinajstić information content (AvgIpc) is 2.65. The second kappa shape index (κ2) is 8.07. The van der Waals surface area contributed by atoms with Gasteiger partial charge in [0.25, 0.3) is 0 Å². The molecule has 0 aromatic heterocycles. The van der Waals surface area contributed by atoms with E-state index in [-0.39, 0.29) is 13.1 Å². The first-order chi connectivity index (χ1) is 12.5. The Balaban J connectivity index is 1.59. The van der Waals surface area contributed by atoms with Crippen LogP contribution in [0.15, 0.2) is 59.5 Å². The van der Waals surface area contributed by atoms with E-state index in [1.165, 1.54) is 4.31 Å². The fourth-order valence-electron chi connectivity index (χ4n) is 2.87. The standard InChI is InChI=1S/C19H20F2N2O2S/c20-17-8-9-18(21)19(15-17)26(24,25)23-13-11-22(12-14-23)10-4-7-16-5-2-1-3-6-16/h1-9,15H,10-14H2/b7-4+. The minimum Gasteiger partial charge on any atom is -0.297 e. The molecule has 0 amide bonds. The van der Waals surface area contributed by atoms with Crippen LogP contribution in [0.5, 0.6) is 0 Å². The summed E-state index contributed by atoms with van der Waals surface area (Å²) in [5, 5.41) is 0. The Morgan fingerprint density at radius 1 is 0.962 bits per heavy atom. The van der Waals surface area contributed by atoms with Gasteiger partial charge in [-0.3, -0.25) is 4.90 Å². The number of hydrogen-bond donors (Lipinski definition) is 0. The maximum absolute atomic E-state index is 13.8. The Bertz CT molecular complexity index is 878. The summed E-state index contributed by atoms with van der Waals surface area (Å²) < 4.78 is 53.5. The maximum Gasteiger partial charge on any atom is 0.246 e. The summed E-state index contributed by atoms with van der Waals surface area (Å²) in [5.41, 5.74) is 1.11. The van der Waals surface area contributed by atoms with Crippen LogP contribution in [-0.2, 0) is 10.0 Å². The van der Waals surface area contributed by atoms with E-state index in [4.69, 9.17) is 0 Å². The van der Waals surface area contributed by atoms with Gasteiger partial charge in [0, 0.05) is 32.7 Å². The van der Waals surface area contributed by atoms with Gasteiger partial charge in [0.15, 0.2) is 0 Å². The predicted octanol–water partition coefficient (Wildman–Crippen LogP) is 2.98. The van der Waals surface area contributed by atoms with E-state index in [2.05, 4.69) is 4.90 Å². The molecule has 3 rings (SSSR count). The number of benzene rings is 2. The van der Waals surface area contributed by atoms with Gasteiger partial charge < -0.3 is 0 Å². The van der Waals surface area contributed by atoms with E-state index in [0.29, 0.717) is 19.6 Å². The minimum atomic E-state index is -4.03. The largest absolute Gasteiger partial charge is 0.297 e. The molecular weight excluding hydrogens is 358 g/mol. The number of hydrogen-bond acceptors (Lipinski definition) is 3. The third-order valence-corrected chi connectivity index (χ3v) is 6.23. The predicted molar refractivity (Wildman–Crippen MR) is 97.0 cm³/mol. The van der Waals surface area contributed by atoms with Gasteiger partial charge in [0.1, 0.15) is 16.5 Å². The van der Waals surface area contributed by atoms with E-state index in [1.807, 2.05) is 42.5 Å². The molecule has 1 fully saturated rings. The lowest BCUT2D eigenvalue weighted by Crippen LogP contribution is -2.48. The van der Waals surface area contributed by atoms with E-state index in [9.17, 15) is 17.2 Å². The van der Waals surface area contributed by atoms with Crippen LogP contribution in [0.3, 0.4) is 0 Å². The summed E-state index contributed by atoms with van der Waals surface area (Å²) in [5.74, 6) is -1.70. The summed E-state index contributed by atoms with van der Waals surface area (Å²) >= 11 is 0. The van der Waals surface area contributed by atoms with Crippen molar-refractivity contribution in [3.05, 3.63) is 71.8 Å². The Labute approximate surface area is 152 Å². The molecule has 0 unspecified atom stereocenters. The van der Waals surface area contributed by atoms with Gasteiger partial charge in [0.05, 0.1) is 0 Å². The lowest BCUT2D eigenvalue weighted by molar-refractivity contribution is 0.204. The first kappa shape index (κ1) is 18.7. The molecular formula is C19H20F2N2O2S. The highest BCUT2D eigenvalue weighted by Crippen LogP contribution is 2.21. The highest BCUT2D eigenvalue weighted by molar-refractivity contribution is 7.89. The van der Waals surface area contributed by atoms with E-state index < -0.39 is 26.6 Å². The Morgan fingerprint density at radius 3 is 2.35 bits per heavy atom. The molecule has 7 heteroatoms. The van der Waals surface area contributed by atoms with Crippen molar-refractivity contribution >= 4 is 16.1 Å². The first-order valence-electron chi connectivity index (χ1n) is 8.36. The Morgan fingerprint density at radius 2 is 1.65 bits per heavy atom. The molecule has 2 aromatic carbocycles. The van der Waals surface area contributed by atoms with Gasteiger partial charge in [-0.25, -0.2) is 17.2 Å². The van der Waals surface area contributed by atoms with Crippen molar-refractivity contribution < 1.29 is 17.2 Å².